The number of ether oxygens (including phenoxy) is 2. The SMILES string of the molecule is CC(C)c1ccc(NC(=O)C(c2cc3c(cc2[N+](=O)[O-])OCO3)N2CCC(Cc3ccccc3)CC2)cc1. The van der Waals surface area contributed by atoms with Crippen LogP contribution in [0.1, 0.15) is 55.3 Å². The number of nitro benzene ring substituents is 1. The fourth-order valence-electron chi connectivity index (χ4n) is 5.35. The number of nitro groups is 1. The maximum atomic E-state index is 13.8. The minimum atomic E-state index is -0.840. The molecule has 198 valence electrons. The summed E-state index contributed by atoms with van der Waals surface area (Å²) < 4.78 is 10.9. The van der Waals surface area contributed by atoms with Gasteiger partial charge in [-0.05, 0) is 73.5 Å². The molecule has 1 fully saturated rings. The summed E-state index contributed by atoms with van der Waals surface area (Å²) in [7, 11) is 0. The summed E-state index contributed by atoms with van der Waals surface area (Å²) in [5, 5.41) is 15.1. The number of carbonyl (C=O) groups excluding carboxylic acids is 1. The van der Waals surface area contributed by atoms with E-state index in [4.69, 9.17) is 9.47 Å². The van der Waals surface area contributed by atoms with Crippen molar-refractivity contribution >= 4 is 17.3 Å². The molecule has 0 bridgehead atoms. The fraction of sp³-hybridized carbons (Fsp3) is 0.367. The molecule has 0 saturated carbocycles. The average Bonchev–Trinajstić information content (AvgIpc) is 3.38. The van der Waals surface area contributed by atoms with Crippen LogP contribution in [-0.2, 0) is 11.2 Å². The zero-order valence-corrected chi connectivity index (χ0v) is 21.8. The highest BCUT2D eigenvalue weighted by molar-refractivity contribution is 5.96. The molecule has 8 nitrogen and oxygen atoms in total. The van der Waals surface area contributed by atoms with Crippen LogP contribution in [0.5, 0.6) is 11.5 Å². The first-order chi connectivity index (χ1) is 18.4. The number of nitrogens with zero attached hydrogens (tertiary/aromatic N) is 2. The lowest BCUT2D eigenvalue weighted by atomic mass is 9.88. The fourth-order valence-corrected chi connectivity index (χ4v) is 5.35. The van der Waals surface area contributed by atoms with E-state index in [1.165, 1.54) is 17.2 Å². The standard InChI is InChI=1S/C30H33N3O5/c1-20(2)23-8-10-24(11-9-23)31-30(34)29(25-17-27-28(38-19-37-27)18-26(25)33(35)36)32-14-12-22(13-15-32)16-21-6-4-3-5-7-21/h3-11,17-18,20,22,29H,12-16,19H2,1-2H3,(H,31,34). The Bertz CT molecular complexity index is 1290. The van der Waals surface area contributed by atoms with E-state index in [-0.39, 0.29) is 18.4 Å². The van der Waals surface area contributed by atoms with Gasteiger partial charge >= 0.3 is 0 Å². The first-order valence-electron chi connectivity index (χ1n) is 13.2. The maximum absolute atomic E-state index is 13.8. The van der Waals surface area contributed by atoms with Crippen LogP contribution in [0, 0.1) is 16.0 Å². The molecule has 0 spiro atoms. The Labute approximate surface area is 222 Å². The van der Waals surface area contributed by atoms with Gasteiger partial charge in [-0.15, -0.1) is 0 Å². The number of anilines is 1. The van der Waals surface area contributed by atoms with Gasteiger partial charge in [0, 0.05) is 5.69 Å². The lowest BCUT2D eigenvalue weighted by molar-refractivity contribution is -0.386. The molecule has 0 aliphatic carbocycles. The van der Waals surface area contributed by atoms with E-state index in [1.807, 2.05) is 30.3 Å². The molecular formula is C30H33N3O5. The van der Waals surface area contributed by atoms with E-state index in [0.717, 1.165) is 19.3 Å². The van der Waals surface area contributed by atoms with Crippen LogP contribution in [0.25, 0.3) is 0 Å². The van der Waals surface area contributed by atoms with Crippen molar-refractivity contribution in [1.29, 1.82) is 0 Å². The molecule has 2 aliphatic heterocycles. The van der Waals surface area contributed by atoms with Crippen molar-refractivity contribution in [3.8, 4) is 11.5 Å². The smallest absolute Gasteiger partial charge is 0.278 e. The normalized spacial score (nSPS) is 16.4. The molecule has 0 aromatic heterocycles. The summed E-state index contributed by atoms with van der Waals surface area (Å²) in [6, 6.07) is 20.3. The molecule has 1 atom stereocenters. The van der Waals surface area contributed by atoms with Gasteiger partial charge < -0.3 is 14.8 Å². The van der Waals surface area contributed by atoms with E-state index < -0.39 is 11.0 Å². The highest BCUT2D eigenvalue weighted by atomic mass is 16.7. The number of benzene rings is 3. The van der Waals surface area contributed by atoms with Gasteiger partial charge in [0.1, 0.15) is 6.04 Å². The van der Waals surface area contributed by atoms with Crippen LogP contribution in [0.3, 0.4) is 0 Å². The summed E-state index contributed by atoms with van der Waals surface area (Å²) in [6.45, 7) is 5.55. The Hall–Kier alpha value is -3.91. The Kier molecular flexibility index (Phi) is 7.60. The molecule has 0 radical (unpaired) electrons. The number of piperidine rings is 1. The summed E-state index contributed by atoms with van der Waals surface area (Å²) in [5.41, 5.74) is 3.31. The molecule has 1 N–H and O–H groups in total. The maximum Gasteiger partial charge on any atom is 0.278 e. The van der Waals surface area contributed by atoms with E-state index in [9.17, 15) is 14.9 Å². The summed E-state index contributed by atoms with van der Waals surface area (Å²) in [6.07, 6.45) is 2.79. The predicted molar refractivity (Wildman–Crippen MR) is 146 cm³/mol. The monoisotopic (exact) mass is 515 g/mol. The van der Waals surface area contributed by atoms with Crippen LogP contribution in [0.15, 0.2) is 66.7 Å². The van der Waals surface area contributed by atoms with E-state index in [2.05, 4.69) is 48.3 Å². The number of amides is 1. The Morgan fingerprint density at radius 1 is 1.03 bits per heavy atom. The number of likely N-dealkylation sites (tertiary alicyclic amines) is 1. The lowest BCUT2D eigenvalue weighted by Gasteiger charge is -2.37. The number of rotatable bonds is 8. The van der Waals surface area contributed by atoms with Gasteiger partial charge in [-0.2, -0.15) is 0 Å². The van der Waals surface area contributed by atoms with Crippen LogP contribution >= 0.6 is 0 Å². The molecule has 1 amide bonds. The molecule has 5 rings (SSSR count). The van der Waals surface area contributed by atoms with Crippen molar-refractivity contribution in [2.45, 2.75) is 45.1 Å². The van der Waals surface area contributed by atoms with Gasteiger partial charge in [-0.1, -0.05) is 56.3 Å². The Balaban J connectivity index is 1.42. The third-order valence-corrected chi connectivity index (χ3v) is 7.49. The molecule has 1 unspecified atom stereocenters. The van der Waals surface area contributed by atoms with E-state index in [0.29, 0.717) is 47.7 Å². The number of carbonyl (C=O) groups is 1. The van der Waals surface area contributed by atoms with Gasteiger partial charge in [0.05, 0.1) is 16.6 Å². The van der Waals surface area contributed by atoms with Crippen molar-refractivity contribution in [1.82, 2.24) is 4.90 Å². The number of fused-ring (bicyclic) bond motifs is 1. The largest absolute Gasteiger partial charge is 0.454 e. The second-order valence-electron chi connectivity index (χ2n) is 10.4. The molecular weight excluding hydrogens is 482 g/mol. The van der Waals surface area contributed by atoms with Crippen LogP contribution in [0.2, 0.25) is 0 Å². The van der Waals surface area contributed by atoms with Crippen LogP contribution < -0.4 is 14.8 Å². The Morgan fingerprint density at radius 3 is 2.32 bits per heavy atom. The van der Waals surface area contributed by atoms with Crippen LogP contribution in [0.4, 0.5) is 11.4 Å². The molecule has 38 heavy (non-hydrogen) atoms. The number of nitrogens with one attached hydrogen (secondary N) is 1. The molecule has 2 aliphatic rings. The first kappa shape index (κ1) is 25.7. The number of hydrogen-bond donors (Lipinski definition) is 1. The Morgan fingerprint density at radius 2 is 1.68 bits per heavy atom. The molecule has 3 aromatic carbocycles. The molecule has 1 saturated heterocycles. The highest BCUT2D eigenvalue weighted by Gasteiger charge is 2.37. The van der Waals surface area contributed by atoms with Crippen molar-refractivity contribution in [2.24, 2.45) is 5.92 Å². The topological polar surface area (TPSA) is 93.9 Å². The van der Waals surface area contributed by atoms with Crippen molar-refractivity contribution in [3.05, 3.63) is 93.5 Å². The molecule has 8 heteroatoms. The second kappa shape index (κ2) is 11.2. The van der Waals surface area contributed by atoms with Gasteiger partial charge in [-0.25, -0.2) is 0 Å². The minimum absolute atomic E-state index is 0.000115. The summed E-state index contributed by atoms with van der Waals surface area (Å²) in [5.74, 6) is 1.31. The van der Waals surface area contributed by atoms with Gasteiger partial charge in [0.15, 0.2) is 11.5 Å². The van der Waals surface area contributed by atoms with Crippen molar-refractivity contribution in [3.63, 3.8) is 0 Å². The second-order valence-corrected chi connectivity index (χ2v) is 10.4. The highest BCUT2D eigenvalue weighted by Crippen LogP contribution is 2.42. The first-order valence-corrected chi connectivity index (χ1v) is 13.2. The van der Waals surface area contributed by atoms with Crippen LogP contribution in [-0.4, -0.2) is 35.6 Å². The van der Waals surface area contributed by atoms with Gasteiger partial charge in [0.25, 0.3) is 5.69 Å². The van der Waals surface area contributed by atoms with Crippen molar-refractivity contribution in [2.75, 3.05) is 25.2 Å². The zero-order valence-electron chi connectivity index (χ0n) is 21.8. The average molecular weight is 516 g/mol. The number of hydrogen-bond acceptors (Lipinski definition) is 6. The minimum Gasteiger partial charge on any atom is -0.454 e. The summed E-state index contributed by atoms with van der Waals surface area (Å²) in [4.78, 5) is 27.5. The van der Waals surface area contributed by atoms with E-state index >= 15 is 0 Å². The zero-order chi connectivity index (χ0) is 26.6. The predicted octanol–water partition coefficient (Wildman–Crippen LogP) is 6.08. The van der Waals surface area contributed by atoms with Gasteiger partial charge in [-0.3, -0.25) is 19.8 Å². The lowest BCUT2D eigenvalue weighted by Crippen LogP contribution is -2.42. The third kappa shape index (κ3) is 5.65. The van der Waals surface area contributed by atoms with Crippen molar-refractivity contribution < 1.29 is 19.2 Å². The molecule has 3 aromatic rings. The third-order valence-electron chi connectivity index (χ3n) is 7.49. The quantitative estimate of drug-likeness (QED) is 0.289. The summed E-state index contributed by atoms with van der Waals surface area (Å²) >= 11 is 0. The van der Waals surface area contributed by atoms with Gasteiger partial charge in [0.2, 0.25) is 12.7 Å². The van der Waals surface area contributed by atoms with E-state index in [1.54, 1.807) is 6.07 Å². The molecule has 2 heterocycles.